The molecule has 0 unspecified atom stereocenters. The van der Waals surface area contributed by atoms with Crippen LogP contribution in [-0.2, 0) is 13.0 Å². The van der Waals surface area contributed by atoms with Crippen LogP contribution in [0.3, 0.4) is 0 Å². The average molecular weight is 523 g/mol. The summed E-state index contributed by atoms with van der Waals surface area (Å²) in [6.07, 6.45) is 3.63. The summed E-state index contributed by atoms with van der Waals surface area (Å²) in [7, 11) is 1.73. The molecule has 1 aromatic carbocycles. The molecule has 1 aliphatic heterocycles. The zero-order chi connectivity index (χ0) is 25.2. The summed E-state index contributed by atoms with van der Waals surface area (Å²) in [6, 6.07) is 15.2. The molecule has 1 aliphatic rings. The fourth-order valence-corrected chi connectivity index (χ4v) is 5.68. The predicted octanol–water partition coefficient (Wildman–Crippen LogP) is 4.31. The third-order valence-corrected chi connectivity index (χ3v) is 7.84. The average Bonchev–Trinajstić information content (AvgIpc) is 3.54. The molecule has 0 bridgehead atoms. The van der Waals surface area contributed by atoms with Gasteiger partial charge in [0.05, 0.1) is 17.3 Å². The normalized spacial score (nSPS) is 18.4. The number of nitrogens with one attached hydrogen (secondary N) is 2. The van der Waals surface area contributed by atoms with Crippen molar-refractivity contribution < 1.29 is 9.90 Å². The highest BCUT2D eigenvalue weighted by atomic mass is 35.5. The Hall–Kier alpha value is -3.04. The van der Waals surface area contributed by atoms with Gasteiger partial charge in [-0.25, -0.2) is 4.98 Å². The minimum atomic E-state index is -0.634. The lowest BCUT2D eigenvalue weighted by molar-refractivity contribution is 0.0783. The number of thiophene rings is 1. The zero-order valence-corrected chi connectivity index (χ0v) is 21.4. The summed E-state index contributed by atoms with van der Waals surface area (Å²) in [5.41, 5.74) is 3.06. The van der Waals surface area contributed by atoms with Crippen molar-refractivity contribution in [3.8, 4) is 0 Å². The van der Waals surface area contributed by atoms with Gasteiger partial charge in [-0.3, -0.25) is 9.59 Å². The number of carbonyl (C=O) groups is 1. The van der Waals surface area contributed by atoms with Gasteiger partial charge in [-0.05, 0) is 65.9 Å². The third kappa shape index (κ3) is 5.37. The highest BCUT2D eigenvalue weighted by Gasteiger charge is 2.30. The van der Waals surface area contributed by atoms with Crippen molar-refractivity contribution in [3.05, 3.63) is 98.0 Å². The summed E-state index contributed by atoms with van der Waals surface area (Å²) in [5.74, 6) is -0.105. The molecule has 0 aliphatic carbocycles. The number of hydrogen-bond donors (Lipinski definition) is 3. The van der Waals surface area contributed by atoms with Gasteiger partial charge in [-0.1, -0.05) is 29.8 Å². The van der Waals surface area contributed by atoms with Crippen LogP contribution < -0.4 is 10.9 Å². The van der Waals surface area contributed by atoms with E-state index in [1.165, 1.54) is 11.3 Å². The van der Waals surface area contributed by atoms with Crippen molar-refractivity contribution >= 4 is 38.9 Å². The highest BCUT2D eigenvalue weighted by molar-refractivity contribution is 7.17. The molecule has 4 heterocycles. The minimum Gasteiger partial charge on any atom is -0.387 e. The number of halogens is 1. The number of aromatic amines is 1. The molecule has 0 saturated carbocycles. The van der Waals surface area contributed by atoms with E-state index in [0.717, 1.165) is 35.8 Å². The van der Waals surface area contributed by atoms with Crippen LogP contribution in [0.5, 0.6) is 0 Å². The minimum absolute atomic E-state index is 0.0350. The van der Waals surface area contributed by atoms with Crippen LogP contribution >= 0.6 is 22.9 Å². The number of aliphatic hydroxyl groups excluding tert-OH is 1. The number of pyridine rings is 2. The monoisotopic (exact) mass is 522 g/mol. The molecule has 4 aromatic rings. The molecule has 3 atom stereocenters. The number of fused-ring (bicyclic) bond motifs is 1. The fraction of sp³-hybridized carbons (Fsp3) is 0.296. The number of rotatable bonds is 7. The molecule has 1 amide bonds. The van der Waals surface area contributed by atoms with Gasteiger partial charge in [0.2, 0.25) is 0 Å². The van der Waals surface area contributed by atoms with E-state index in [4.69, 9.17) is 11.6 Å². The Balaban J connectivity index is 1.17. The van der Waals surface area contributed by atoms with E-state index in [-0.39, 0.29) is 23.6 Å². The number of amides is 1. The highest BCUT2D eigenvalue weighted by Crippen LogP contribution is 2.27. The van der Waals surface area contributed by atoms with Gasteiger partial charge >= 0.3 is 0 Å². The number of aromatic nitrogens is 2. The molecule has 1 saturated heterocycles. The van der Waals surface area contributed by atoms with Gasteiger partial charge in [-0.2, -0.15) is 0 Å². The Morgan fingerprint density at radius 3 is 2.78 bits per heavy atom. The van der Waals surface area contributed by atoms with Crippen LogP contribution in [0.15, 0.2) is 64.9 Å². The lowest BCUT2D eigenvalue weighted by atomic mass is 10.0. The SMILES string of the molecule is CN(Cc1cc2ccsc2c(=O)[nH]1)C(=O)c1ccc(C[C@@H]2CC[C@H]([C@H](O)c3ccc(Cl)nc3)N2)cc1. The Kier molecular flexibility index (Phi) is 7.20. The van der Waals surface area contributed by atoms with E-state index in [1.54, 1.807) is 30.3 Å². The summed E-state index contributed by atoms with van der Waals surface area (Å²) in [4.78, 5) is 33.7. The Morgan fingerprint density at radius 1 is 1.22 bits per heavy atom. The second kappa shape index (κ2) is 10.5. The maximum absolute atomic E-state index is 13.0. The van der Waals surface area contributed by atoms with Crippen molar-refractivity contribution in [2.75, 3.05) is 7.05 Å². The van der Waals surface area contributed by atoms with Crippen LogP contribution in [0.4, 0.5) is 0 Å². The van der Waals surface area contributed by atoms with Crippen molar-refractivity contribution in [3.63, 3.8) is 0 Å². The first-order valence-electron chi connectivity index (χ1n) is 11.9. The molecule has 1 fully saturated rings. The predicted molar refractivity (Wildman–Crippen MR) is 143 cm³/mol. The Bertz CT molecular complexity index is 1420. The number of carbonyl (C=O) groups excluding carboxylic acids is 1. The number of H-pyrrole nitrogens is 1. The molecule has 0 spiro atoms. The van der Waals surface area contributed by atoms with Crippen molar-refractivity contribution in [1.29, 1.82) is 0 Å². The van der Waals surface area contributed by atoms with Crippen molar-refractivity contribution in [2.24, 2.45) is 0 Å². The van der Waals surface area contributed by atoms with Crippen molar-refractivity contribution in [1.82, 2.24) is 20.2 Å². The van der Waals surface area contributed by atoms with E-state index < -0.39 is 6.10 Å². The number of aliphatic hydroxyl groups is 1. The zero-order valence-electron chi connectivity index (χ0n) is 19.8. The van der Waals surface area contributed by atoms with Crippen LogP contribution in [0.2, 0.25) is 5.15 Å². The molecule has 3 aromatic heterocycles. The lowest BCUT2D eigenvalue weighted by Gasteiger charge is -2.20. The van der Waals surface area contributed by atoms with Crippen molar-refractivity contribution in [2.45, 2.75) is 44.0 Å². The second-order valence-corrected chi connectivity index (χ2v) is 10.6. The van der Waals surface area contributed by atoms with Crippen LogP contribution in [0, 0.1) is 0 Å². The maximum atomic E-state index is 13.0. The smallest absolute Gasteiger partial charge is 0.266 e. The standard InChI is InChI=1S/C27H27ClN4O3S/c1-32(15-21-13-18-10-11-36-25(18)26(34)31-21)27(35)17-4-2-16(3-5-17)12-20-7-8-22(30-20)24(33)19-6-9-23(28)29-14-19/h2-6,9-11,13-14,20,22,24,30,33H,7-8,12,15H2,1H3,(H,31,34)/t20-,22+,24+/m0/s1. The Labute approximate surface area is 217 Å². The largest absolute Gasteiger partial charge is 0.387 e. The summed E-state index contributed by atoms with van der Waals surface area (Å²) in [6.45, 7) is 0.320. The van der Waals surface area contributed by atoms with Crippen LogP contribution in [-0.4, -0.2) is 45.0 Å². The number of hydrogen-bond acceptors (Lipinski definition) is 6. The molecular weight excluding hydrogens is 496 g/mol. The van der Waals surface area contributed by atoms with E-state index in [9.17, 15) is 14.7 Å². The quantitative estimate of drug-likeness (QED) is 0.314. The lowest BCUT2D eigenvalue weighted by Crippen LogP contribution is -2.35. The molecule has 5 rings (SSSR count). The third-order valence-electron chi connectivity index (χ3n) is 6.69. The van der Waals surface area contributed by atoms with Gasteiger partial charge in [0.25, 0.3) is 11.5 Å². The first-order chi connectivity index (χ1) is 17.4. The molecule has 9 heteroatoms. The molecule has 7 nitrogen and oxygen atoms in total. The Morgan fingerprint density at radius 2 is 2.03 bits per heavy atom. The first kappa shape index (κ1) is 24.6. The van der Waals surface area contributed by atoms with E-state index in [1.807, 2.05) is 41.8 Å². The molecule has 3 N–H and O–H groups in total. The van der Waals surface area contributed by atoms with E-state index in [2.05, 4.69) is 15.3 Å². The van der Waals surface area contributed by atoms with E-state index in [0.29, 0.717) is 27.7 Å². The number of benzene rings is 1. The molecular formula is C27H27ClN4O3S. The molecule has 36 heavy (non-hydrogen) atoms. The number of nitrogens with zero attached hydrogens (tertiary/aromatic N) is 2. The van der Waals surface area contributed by atoms with Gasteiger partial charge in [0, 0.05) is 42.1 Å². The summed E-state index contributed by atoms with van der Waals surface area (Å²) in [5, 5.41) is 17.4. The topological polar surface area (TPSA) is 98.3 Å². The molecule has 0 radical (unpaired) electrons. The summed E-state index contributed by atoms with van der Waals surface area (Å²) < 4.78 is 0.697. The van der Waals surface area contributed by atoms with E-state index >= 15 is 0 Å². The van der Waals surface area contributed by atoms with Gasteiger partial charge in [0.1, 0.15) is 5.15 Å². The van der Waals surface area contributed by atoms with Gasteiger partial charge < -0.3 is 20.3 Å². The fourth-order valence-electron chi connectivity index (χ4n) is 4.80. The first-order valence-corrected chi connectivity index (χ1v) is 13.1. The molecule has 186 valence electrons. The van der Waals surface area contributed by atoms with Gasteiger partial charge in [0.15, 0.2) is 0 Å². The summed E-state index contributed by atoms with van der Waals surface area (Å²) >= 11 is 7.26. The van der Waals surface area contributed by atoms with Gasteiger partial charge in [-0.15, -0.1) is 11.3 Å². The second-order valence-electron chi connectivity index (χ2n) is 9.30. The van der Waals surface area contributed by atoms with Crippen LogP contribution in [0.25, 0.3) is 10.1 Å². The van der Waals surface area contributed by atoms with Crippen LogP contribution in [0.1, 0.15) is 46.1 Å². The maximum Gasteiger partial charge on any atom is 0.266 e.